The third-order valence-electron chi connectivity index (χ3n) is 17.2. The summed E-state index contributed by atoms with van der Waals surface area (Å²) in [6.07, 6.45) is -5.33. The minimum atomic E-state index is -1.64. The second-order valence-corrected chi connectivity index (χ2v) is 24.4. The number of hydrogen-bond acceptors (Lipinski definition) is 21. The molecule has 0 spiro atoms. The number of ether oxygens (including phenoxy) is 12. The van der Waals surface area contributed by atoms with E-state index >= 15 is 0 Å². The molecule has 4 aliphatic rings. The van der Waals surface area contributed by atoms with Gasteiger partial charge in [0.15, 0.2) is 30.4 Å². The molecule has 18 atom stereocenters. The first-order valence-electron chi connectivity index (χ1n) is 29.3. The van der Waals surface area contributed by atoms with Gasteiger partial charge in [0.1, 0.15) is 17.8 Å². The lowest BCUT2D eigenvalue weighted by atomic mass is 9.77. The summed E-state index contributed by atoms with van der Waals surface area (Å²) in [6, 6.07) is 4.96. The van der Waals surface area contributed by atoms with Gasteiger partial charge in [-0.25, -0.2) is 9.59 Å². The molecular formula is C60H96N4O18. The van der Waals surface area contributed by atoms with Crippen LogP contribution >= 0.6 is 0 Å². The quantitative estimate of drug-likeness (QED) is 0.0963. The van der Waals surface area contributed by atoms with Gasteiger partial charge in [0.2, 0.25) is 5.43 Å². The molecule has 0 aliphatic carbocycles. The van der Waals surface area contributed by atoms with Crippen LogP contribution in [0.4, 0.5) is 4.79 Å². The van der Waals surface area contributed by atoms with E-state index < -0.39 is 114 Å². The number of carbonyl (C=O) groups is 4. The molecule has 464 valence electrons. The van der Waals surface area contributed by atoms with E-state index in [2.05, 4.69) is 0 Å². The molecule has 6 rings (SSSR count). The van der Waals surface area contributed by atoms with Gasteiger partial charge in [-0.2, -0.15) is 0 Å². The van der Waals surface area contributed by atoms with Crippen molar-refractivity contribution in [2.75, 3.05) is 80.3 Å². The van der Waals surface area contributed by atoms with Crippen molar-refractivity contribution in [3.63, 3.8) is 0 Å². The highest BCUT2D eigenvalue weighted by molar-refractivity contribution is 5.94. The summed E-state index contributed by atoms with van der Waals surface area (Å²) in [6.45, 7) is 23.0. The highest BCUT2D eigenvalue weighted by Crippen LogP contribution is 2.43. The number of nitrogens with zero attached hydrogens (tertiary/aromatic N) is 4. The molecule has 0 radical (unpaired) electrons. The van der Waals surface area contributed by atoms with Crippen LogP contribution < -0.4 is 10.4 Å². The zero-order valence-electron chi connectivity index (χ0n) is 51.9. The number of aryl methyl sites for hydroxylation is 1. The summed E-state index contributed by atoms with van der Waals surface area (Å²) in [4.78, 5) is 70.9. The molecule has 0 amide bonds. The smallest absolute Gasteiger partial charge is 0.462 e. The number of pyridine rings is 1. The van der Waals surface area contributed by atoms with E-state index in [1.54, 1.807) is 44.5 Å². The standard InChI is InChI=1S/C60H96N4O18/c1-19-46-60(12)52(81-57(69)82-60)38(7)63(17)32-34(3)30-58(10,70)51(80-56-50(77-40(9)65)45(61(13)14)28-35(4)75-56)36(5)49(37(6)54(67)78-46)79-47-31-59(11,71-18)53(39(8)76-47)74-27-26-72-25-21-22-41-23-24-44-42(29-41)48(66)43(55(68)73-20-2)33-64(44)62(15)16/h23-24,29,33-39,45-47,49-53,56,70H,19-22,25-28,30-32H2,1-18H3/t34-,35-,36+,37-,38-,39+,45+,46-,47+,49+,50-,51-,52-,53+,56+,58-,59-,60-/m1/s1. The first-order valence-corrected chi connectivity index (χ1v) is 29.3. The first-order chi connectivity index (χ1) is 38.5. The van der Waals surface area contributed by atoms with Gasteiger partial charge in [-0.3, -0.25) is 24.0 Å². The number of hydrogen-bond donors (Lipinski definition) is 1. The lowest BCUT2D eigenvalue weighted by molar-refractivity contribution is -0.321. The van der Waals surface area contributed by atoms with Crippen molar-refractivity contribution in [2.45, 2.75) is 212 Å². The van der Waals surface area contributed by atoms with Gasteiger partial charge >= 0.3 is 24.1 Å². The number of rotatable bonds is 19. The lowest BCUT2D eigenvalue weighted by Gasteiger charge is -2.49. The van der Waals surface area contributed by atoms with Gasteiger partial charge in [-0.05, 0) is 132 Å². The molecular weight excluding hydrogens is 1060 g/mol. The van der Waals surface area contributed by atoms with Crippen molar-refractivity contribution >= 4 is 35.0 Å². The van der Waals surface area contributed by atoms with Gasteiger partial charge in [-0.1, -0.05) is 26.8 Å². The Balaban J connectivity index is 1.22. The largest absolute Gasteiger partial charge is 0.509 e. The molecule has 22 nitrogen and oxygen atoms in total. The molecule has 1 aromatic carbocycles. The summed E-state index contributed by atoms with van der Waals surface area (Å²) in [5.74, 6) is -3.89. The Labute approximate surface area is 484 Å². The number of cyclic esters (lactones) is 1. The number of esters is 3. The molecule has 0 saturated carbocycles. The summed E-state index contributed by atoms with van der Waals surface area (Å²) >= 11 is 0. The van der Waals surface area contributed by atoms with E-state index in [1.807, 2.05) is 112 Å². The fourth-order valence-electron chi connectivity index (χ4n) is 12.9. The average molecular weight is 1160 g/mol. The predicted octanol–water partition coefficient (Wildman–Crippen LogP) is 6.02. The normalized spacial score (nSPS) is 36.1. The lowest BCUT2D eigenvalue weighted by Crippen LogP contribution is -2.61. The Kier molecular flexibility index (Phi) is 22.9. The molecule has 82 heavy (non-hydrogen) atoms. The van der Waals surface area contributed by atoms with Crippen LogP contribution in [0.2, 0.25) is 0 Å². The summed E-state index contributed by atoms with van der Waals surface area (Å²) in [7, 11) is 11.0. The van der Waals surface area contributed by atoms with E-state index in [0.717, 1.165) is 5.56 Å². The van der Waals surface area contributed by atoms with E-state index in [1.165, 1.54) is 13.1 Å². The van der Waals surface area contributed by atoms with E-state index in [4.69, 9.17) is 56.8 Å². The minimum Gasteiger partial charge on any atom is -0.462 e. The maximum atomic E-state index is 14.9. The van der Waals surface area contributed by atoms with Crippen LogP contribution in [0.5, 0.6) is 0 Å². The Morgan fingerprint density at radius 3 is 2.23 bits per heavy atom. The molecule has 22 heteroatoms. The third kappa shape index (κ3) is 15.3. The number of aromatic nitrogens is 1. The van der Waals surface area contributed by atoms with Crippen molar-refractivity contribution in [1.82, 2.24) is 14.5 Å². The fourth-order valence-corrected chi connectivity index (χ4v) is 12.9. The Hall–Kier alpha value is -4.49. The first kappa shape index (κ1) is 66.6. The molecule has 4 saturated heterocycles. The number of benzene rings is 1. The number of aliphatic hydroxyl groups is 1. The zero-order valence-corrected chi connectivity index (χ0v) is 51.9. The molecule has 0 bridgehead atoms. The van der Waals surface area contributed by atoms with Crippen LogP contribution in [-0.2, 0) is 72.9 Å². The Morgan fingerprint density at radius 2 is 1.60 bits per heavy atom. The average Bonchev–Trinajstić information content (AvgIpc) is 2.59. The molecule has 4 aliphatic heterocycles. The van der Waals surface area contributed by atoms with E-state index in [-0.39, 0.29) is 68.1 Å². The van der Waals surface area contributed by atoms with E-state index in [9.17, 15) is 29.1 Å². The number of carbonyl (C=O) groups excluding carboxylic acids is 4. The Bertz CT molecular complexity index is 2540. The van der Waals surface area contributed by atoms with E-state index in [0.29, 0.717) is 43.3 Å². The zero-order chi connectivity index (χ0) is 60.8. The van der Waals surface area contributed by atoms with Gasteiger partial charge in [0.05, 0.1) is 72.9 Å². The van der Waals surface area contributed by atoms with Gasteiger partial charge < -0.3 is 71.9 Å². The minimum absolute atomic E-state index is 0.0317. The highest BCUT2D eigenvalue weighted by Gasteiger charge is 2.58. The summed E-state index contributed by atoms with van der Waals surface area (Å²) < 4.78 is 77.2. The SMILES string of the molecule is CCOC(=O)c1cn(N(C)C)c2ccc(CCCOCCO[C@H]3[C@H](C)O[C@@H](O[C@H]4[C@H](C)[C@@H](O[C@@H]5O[C@H](C)C[C@H](N(C)C)[C@H]5OC(C)=O)[C@](C)(O)C[C@@H](C)CN(C)[C@H](C)[C@H]5OC(=O)O[C@]5(C)[C@@H](CC)OC(=O)[C@@H]4C)C[C@@]3(C)OC)cc2c1=O. The number of methoxy groups -OCH3 is 1. The summed E-state index contributed by atoms with van der Waals surface area (Å²) in [5, 5.41) is 15.2. The van der Waals surface area contributed by atoms with Crippen LogP contribution in [0.15, 0.2) is 29.2 Å². The van der Waals surface area contributed by atoms with Crippen LogP contribution in [-0.4, -0.2) is 209 Å². The second-order valence-electron chi connectivity index (χ2n) is 24.4. The van der Waals surface area contributed by atoms with Crippen LogP contribution in [0.1, 0.15) is 131 Å². The maximum absolute atomic E-state index is 14.9. The predicted molar refractivity (Wildman–Crippen MR) is 304 cm³/mol. The van der Waals surface area contributed by atoms with Crippen LogP contribution in [0, 0.1) is 17.8 Å². The van der Waals surface area contributed by atoms with Crippen molar-refractivity contribution in [1.29, 1.82) is 0 Å². The van der Waals surface area contributed by atoms with Crippen LogP contribution in [0.3, 0.4) is 0 Å². The highest BCUT2D eigenvalue weighted by atomic mass is 16.8. The van der Waals surface area contributed by atoms with Crippen molar-refractivity contribution in [3.05, 3.63) is 45.7 Å². The topological polar surface area (TPSA) is 231 Å². The van der Waals surface area contributed by atoms with Gasteiger partial charge in [-0.15, -0.1) is 0 Å². The number of likely N-dealkylation sites (N-methyl/N-ethyl adjacent to an activating group) is 2. The monoisotopic (exact) mass is 1160 g/mol. The van der Waals surface area contributed by atoms with Crippen molar-refractivity contribution in [3.8, 4) is 0 Å². The molecule has 2 aromatic rings. The third-order valence-corrected chi connectivity index (χ3v) is 17.2. The molecule has 0 unspecified atom stereocenters. The van der Waals surface area contributed by atoms with Crippen molar-refractivity contribution < 1.29 is 81.1 Å². The molecule has 1 N–H and O–H groups in total. The summed E-state index contributed by atoms with van der Waals surface area (Å²) in [5.41, 5.74) is -2.80. The van der Waals surface area contributed by atoms with Gasteiger partial charge in [0, 0.05) is 71.2 Å². The van der Waals surface area contributed by atoms with Crippen LogP contribution in [0.25, 0.3) is 10.9 Å². The number of fused-ring (bicyclic) bond motifs is 2. The molecule has 4 fully saturated rings. The fraction of sp³-hybridized carbons (Fsp3) is 0.783. The Morgan fingerprint density at radius 1 is 0.890 bits per heavy atom. The van der Waals surface area contributed by atoms with Gasteiger partial charge in [0.25, 0.3) is 0 Å². The molecule has 5 heterocycles. The molecule has 1 aromatic heterocycles. The second kappa shape index (κ2) is 28.1. The van der Waals surface area contributed by atoms with Crippen molar-refractivity contribution in [2.24, 2.45) is 17.8 Å². The maximum Gasteiger partial charge on any atom is 0.509 e.